The second-order valence-electron chi connectivity index (χ2n) is 6.92. The van der Waals surface area contributed by atoms with Crippen molar-refractivity contribution < 1.29 is 22.7 Å². The van der Waals surface area contributed by atoms with Gasteiger partial charge in [0.25, 0.3) is 0 Å². The predicted octanol–water partition coefficient (Wildman–Crippen LogP) is 0.498. The number of carbonyl (C=O) groups excluding carboxylic acids is 2. The van der Waals surface area contributed by atoms with Crippen molar-refractivity contribution in [3.63, 3.8) is 0 Å². The highest BCUT2D eigenvalue weighted by Crippen LogP contribution is 2.14. The maximum atomic E-state index is 12.5. The van der Waals surface area contributed by atoms with E-state index in [1.807, 2.05) is 30.3 Å². The van der Waals surface area contributed by atoms with Gasteiger partial charge in [-0.25, -0.2) is 8.42 Å². The van der Waals surface area contributed by atoms with Gasteiger partial charge in [0.15, 0.2) is 0 Å². The molecular formula is C20H24N4O5S. The highest BCUT2D eigenvalue weighted by atomic mass is 32.2. The first kappa shape index (κ1) is 21.7. The Bertz CT molecular complexity index is 969. The number of para-hydroxylation sites is 1. The Hall–Kier alpha value is -2.98. The lowest BCUT2D eigenvalue weighted by molar-refractivity contribution is -0.128. The number of carbonyl (C=O) groups is 2. The molecule has 0 radical (unpaired) electrons. The molecule has 0 aliphatic carbocycles. The van der Waals surface area contributed by atoms with Gasteiger partial charge < -0.3 is 15.0 Å². The fourth-order valence-corrected chi connectivity index (χ4v) is 4.21. The summed E-state index contributed by atoms with van der Waals surface area (Å²) in [7, 11) is -2.48. The molecule has 1 aromatic heterocycles. The van der Waals surface area contributed by atoms with Crippen molar-refractivity contribution in [2.24, 2.45) is 0 Å². The number of nitrogens with zero attached hydrogens (tertiary/aromatic N) is 3. The summed E-state index contributed by atoms with van der Waals surface area (Å²) < 4.78 is 31.5. The smallest absolute Gasteiger partial charge is 0.244 e. The predicted molar refractivity (Wildman–Crippen MR) is 109 cm³/mol. The van der Waals surface area contributed by atoms with Crippen molar-refractivity contribution in [2.45, 2.75) is 17.4 Å². The van der Waals surface area contributed by atoms with Crippen LogP contribution in [-0.2, 0) is 19.6 Å². The van der Waals surface area contributed by atoms with Crippen LogP contribution in [0.3, 0.4) is 0 Å². The summed E-state index contributed by atoms with van der Waals surface area (Å²) in [5.74, 6) is 0.185. The molecule has 0 saturated carbocycles. The summed E-state index contributed by atoms with van der Waals surface area (Å²) in [6.45, 7) is 0.777. The van der Waals surface area contributed by atoms with Crippen LogP contribution in [0.1, 0.15) is 6.42 Å². The molecule has 30 heavy (non-hydrogen) atoms. The zero-order valence-corrected chi connectivity index (χ0v) is 17.4. The molecule has 2 heterocycles. The average Bonchev–Trinajstić information content (AvgIpc) is 3.08. The second kappa shape index (κ2) is 9.68. The number of amides is 2. The number of benzene rings is 1. The van der Waals surface area contributed by atoms with E-state index in [1.54, 1.807) is 4.90 Å². The van der Waals surface area contributed by atoms with Crippen LogP contribution in [0, 0.1) is 0 Å². The van der Waals surface area contributed by atoms with Crippen LogP contribution in [0.4, 0.5) is 0 Å². The number of likely N-dealkylation sites (N-methyl/N-ethyl adjacent to an activating group) is 1. The van der Waals surface area contributed by atoms with E-state index >= 15 is 0 Å². The van der Waals surface area contributed by atoms with E-state index in [0.717, 1.165) is 10.1 Å². The minimum Gasteiger partial charge on any atom is -0.492 e. The number of rotatable bonds is 9. The number of hydrogen-bond donors (Lipinski definition) is 1. The molecule has 1 aliphatic rings. The summed E-state index contributed by atoms with van der Waals surface area (Å²) in [5, 5.41) is 2.74. The van der Waals surface area contributed by atoms with Crippen LogP contribution in [0.2, 0.25) is 0 Å². The van der Waals surface area contributed by atoms with E-state index in [9.17, 15) is 18.0 Å². The summed E-state index contributed by atoms with van der Waals surface area (Å²) in [4.78, 5) is 29.9. The van der Waals surface area contributed by atoms with Crippen molar-refractivity contribution in [1.29, 1.82) is 0 Å². The Balaban J connectivity index is 1.46. The van der Waals surface area contributed by atoms with Gasteiger partial charge in [-0.05, 0) is 24.3 Å². The second-order valence-corrected chi connectivity index (χ2v) is 8.96. The number of ether oxygens (including phenoxy) is 1. The molecule has 1 fully saturated rings. The lowest BCUT2D eigenvalue weighted by Crippen LogP contribution is -2.43. The molecule has 1 aromatic carbocycles. The Labute approximate surface area is 175 Å². The normalized spacial score (nSPS) is 16.7. The standard InChI is InChI=1S/C20H24N4O5S/c1-23(30(27,28)18-8-5-9-21-13-18)15-19(25)22-16-12-20(26)24(14-16)10-11-29-17-6-3-2-4-7-17/h2-9,13,16H,10-12,14-15H2,1H3,(H,22,25)/t16-/m0/s1. The number of likely N-dealkylation sites (tertiary alicyclic amines) is 1. The highest BCUT2D eigenvalue weighted by Gasteiger charge is 2.31. The van der Waals surface area contributed by atoms with Gasteiger partial charge in [-0.15, -0.1) is 0 Å². The first-order valence-electron chi connectivity index (χ1n) is 9.47. The zero-order chi connectivity index (χ0) is 21.6. The van der Waals surface area contributed by atoms with Gasteiger partial charge >= 0.3 is 0 Å². The third kappa shape index (κ3) is 5.55. The Morgan fingerprint density at radius 1 is 1.27 bits per heavy atom. The molecule has 10 heteroatoms. The number of nitrogens with one attached hydrogen (secondary N) is 1. The first-order valence-corrected chi connectivity index (χ1v) is 10.9. The lowest BCUT2D eigenvalue weighted by Gasteiger charge is -2.19. The molecule has 2 amide bonds. The molecule has 9 nitrogen and oxygen atoms in total. The Morgan fingerprint density at radius 3 is 2.73 bits per heavy atom. The maximum absolute atomic E-state index is 12.5. The molecule has 160 valence electrons. The van der Waals surface area contributed by atoms with Crippen molar-refractivity contribution in [3.05, 3.63) is 54.9 Å². The molecule has 0 spiro atoms. The van der Waals surface area contributed by atoms with Crippen LogP contribution in [0.5, 0.6) is 5.75 Å². The van der Waals surface area contributed by atoms with Crippen LogP contribution in [0.15, 0.2) is 59.8 Å². The van der Waals surface area contributed by atoms with Gasteiger partial charge in [0.2, 0.25) is 21.8 Å². The molecular weight excluding hydrogens is 408 g/mol. The Morgan fingerprint density at radius 2 is 2.03 bits per heavy atom. The van der Waals surface area contributed by atoms with Crippen molar-refractivity contribution in [1.82, 2.24) is 19.5 Å². The maximum Gasteiger partial charge on any atom is 0.244 e. The summed E-state index contributed by atoms with van der Waals surface area (Å²) in [6, 6.07) is 11.9. The van der Waals surface area contributed by atoms with Crippen LogP contribution in [0.25, 0.3) is 0 Å². The molecule has 1 atom stereocenters. The van der Waals surface area contributed by atoms with Gasteiger partial charge in [-0.2, -0.15) is 4.31 Å². The molecule has 3 rings (SSSR count). The average molecular weight is 433 g/mol. The highest BCUT2D eigenvalue weighted by molar-refractivity contribution is 7.89. The molecule has 1 saturated heterocycles. The van der Waals surface area contributed by atoms with E-state index in [-0.39, 0.29) is 29.8 Å². The number of pyridine rings is 1. The van der Waals surface area contributed by atoms with E-state index in [0.29, 0.717) is 19.7 Å². The fraction of sp³-hybridized carbons (Fsp3) is 0.350. The number of aromatic nitrogens is 1. The molecule has 1 N–H and O–H groups in total. The fourth-order valence-electron chi connectivity index (χ4n) is 3.12. The lowest BCUT2D eigenvalue weighted by atomic mass is 10.2. The summed E-state index contributed by atoms with van der Waals surface area (Å²) in [5.41, 5.74) is 0. The van der Waals surface area contributed by atoms with Crippen LogP contribution < -0.4 is 10.1 Å². The summed E-state index contributed by atoms with van der Waals surface area (Å²) in [6.07, 6.45) is 2.88. The zero-order valence-electron chi connectivity index (χ0n) is 16.6. The Kier molecular flexibility index (Phi) is 7.01. The van der Waals surface area contributed by atoms with Gasteiger partial charge in [0.1, 0.15) is 17.3 Å². The third-order valence-corrected chi connectivity index (χ3v) is 6.45. The number of hydrogen-bond acceptors (Lipinski definition) is 6. The minimum absolute atomic E-state index is 0.0148. The van der Waals surface area contributed by atoms with Crippen molar-refractivity contribution in [2.75, 3.05) is 33.3 Å². The largest absolute Gasteiger partial charge is 0.492 e. The summed E-state index contributed by atoms with van der Waals surface area (Å²) >= 11 is 0. The van der Waals surface area contributed by atoms with Gasteiger partial charge in [-0.3, -0.25) is 14.6 Å². The third-order valence-electron chi connectivity index (χ3n) is 4.66. The molecule has 2 aromatic rings. The minimum atomic E-state index is -3.81. The quantitative estimate of drug-likeness (QED) is 0.618. The van der Waals surface area contributed by atoms with E-state index in [2.05, 4.69) is 10.3 Å². The molecule has 0 unspecified atom stereocenters. The topological polar surface area (TPSA) is 109 Å². The van der Waals surface area contributed by atoms with Gasteiger partial charge in [0.05, 0.1) is 19.1 Å². The molecule has 0 bridgehead atoms. The SMILES string of the molecule is CN(CC(=O)N[C@H]1CC(=O)N(CCOc2ccccc2)C1)S(=O)(=O)c1cccnc1. The van der Waals surface area contributed by atoms with Crippen molar-refractivity contribution in [3.8, 4) is 5.75 Å². The molecule has 1 aliphatic heterocycles. The van der Waals surface area contributed by atoms with E-state index in [4.69, 9.17) is 4.74 Å². The van der Waals surface area contributed by atoms with Gasteiger partial charge in [-0.1, -0.05) is 18.2 Å². The first-order chi connectivity index (χ1) is 14.4. The van der Waals surface area contributed by atoms with Crippen LogP contribution >= 0.6 is 0 Å². The van der Waals surface area contributed by atoms with E-state index < -0.39 is 15.9 Å². The van der Waals surface area contributed by atoms with Gasteiger partial charge in [0, 0.05) is 32.4 Å². The van der Waals surface area contributed by atoms with E-state index in [1.165, 1.54) is 31.6 Å². The van der Waals surface area contributed by atoms with Crippen molar-refractivity contribution >= 4 is 21.8 Å². The number of sulfonamides is 1. The monoisotopic (exact) mass is 432 g/mol. The van der Waals surface area contributed by atoms with Crippen LogP contribution in [-0.4, -0.2) is 73.8 Å².